The zero-order valence-electron chi connectivity index (χ0n) is 7.75. The molecule has 2 aliphatic heterocycles. The van der Waals surface area contributed by atoms with E-state index in [-0.39, 0.29) is 19.0 Å². The maximum absolute atomic E-state index is 12.0. The Morgan fingerprint density at radius 1 is 1.47 bits per heavy atom. The first kappa shape index (κ1) is 10.3. The van der Waals surface area contributed by atoms with Crippen LogP contribution in [0, 0.1) is 5.92 Å². The Hall–Kier alpha value is -1.27. The summed E-state index contributed by atoms with van der Waals surface area (Å²) in [6.07, 6.45) is -4.11. The highest BCUT2D eigenvalue weighted by Crippen LogP contribution is 2.27. The van der Waals surface area contributed by atoms with Crippen LogP contribution in [-0.4, -0.2) is 42.4 Å². The molecule has 0 bridgehead atoms. The molecule has 7 heteroatoms. The van der Waals surface area contributed by atoms with E-state index < -0.39 is 12.1 Å². The predicted molar refractivity (Wildman–Crippen MR) is 44.1 cm³/mol. The predicted octanol–water partition coefficient (Wildman–Crippen LogP) is 0.783. The molecular formula is C8H9F3N2O2. The number of nitrogens with zero attached hydrogens (tertiary/aromatic N) is 2. The minimum absolute atomic E-state index is 0.0567. The van der Waals surface area contributed by atoms with Crippen LogP contribution in [0.5, 0.6) is 0 Å². The van der Waals surface area contributed by atoms with E-state index in [0.29, 0.717) is 13.0 Å². The van der Waals surface area contributed by atoms with Crippen molar-refractivity contribution in [3.8, 4) is 0 Å². The van der Waals surface area contributed by atoms with Crippen LogP contribution < -0.4 is 0 Å². The number of carbonyl (C=O) groups excluding carboxylic acids is 1. The van der Waals surface area contributed by atoms with E-state index in [9.17, 15) is 18.0 Å². The van der Waals surface area contributed by atoms with Gasteiger partial charge in [-0.3, -0.25) is 4.79 Å². The summed E-state index contributed by atoms with van der Waals surface area (Å²) < 4.78 is 35.9. The largest absolute Gasteiger partial charge is 0.471 e. The summed E-state index contributed by atoms with van der Waals surface area (Å²) in [7, 11) is 0. The van der Waals surface area contributed by atoms with Crippen LogP contribution in [0.4, 0.5) is 13.2 Å². The molecule has 0 aromatic heterocycles. The van der Waals surface area contributed by atoms with Crippen molar-refractivity contribution in [1.29, 1.82) is 0 Å². The van der Waals surface area contributed by atoms with E-state index in [2.05, 4.69) is 5.16 Å². The van der Waals surface area contributed by atoms with Gasteiger partial charge in [0.2, 0.25) is 0 Å². The smallest absolute Gasteiger partial charge is 0.395 e. The molecule has 0 unspecified atom stereocenters. The van der Waals surface area contributed by atoms with E-state index >= 15 is 0 Å². The number of rotatable bonds is 1. The second-order valence-electron chi connectivity index (χ2n) is 3.57. The molecule has 0 aliphatic carbocycles. The second kappa shape index (κ2) is 3.39. The number of oxime groups is 1. The zero-order chi connectivity index (χ0) is 11.1. The van der Waals surface area contributed by atoms with Crippen molar-refractivity contribution >= 4 is 11.6 Å². The third kappa shape index (κ3) is 1.91. The maximum Gasteiger partial charge on any atom is 0.471 e. The Morgan fingerprint density at radius 2 is 2.13 bits per heavy atom. The van der Waals surface area contributed by atoms with Crippen molar-refractivity contribution in [1.82, 2.24) is 4.90 Å². The van der Waals surface area contributed by atoms with Gasteiger partial charge in [0.1, 0.15) is 6.61 Å². The Bertz CT molecular complexity index is 307. The molecule has 0 spiro atoms. The third-order valence-corrected chi connectivity index (χ3v) is 2.51. The first-order valence-corrected chi connectivity index (χ1v) is 4.53. The number of carbonyl (C=O) groups is 1. The molecule has 0 aromatic carbocycles. The van der Waals surface area contributed by atoms with Crippen LogP contribution >= 0.6 is 0 Å². The fourth-order valence-electron chi connectivity index (χ4n) is 1.64. The second-order valence-corrected chi connectivity index (χ2v) is 3.57. The van der Waals surface area contributed by atoms with Gasteiger partial charge in [0.15, 0.2) is 0 Å². The molecule has 2 rings (SSSR count). The standard InChI is InChI=1S/C8H9F3N2O2/c9-8(10,11)7(14)13-3-5(4-13)6-1-2-15-12-6/h5H,1-4H2. The van der Waals surface area contributed by atoms with Crippen LogP contribution in [-0.2, 0) is 9.63 Å². The molecule has 0 N–H and O–H groups in total. The summed E-state index contributed by atoms with van der Waals surface area (Å²) in [4.78, 5) is 16.3. The highest BCUT2D eigenvalue weighted by atomic mass is 19.4. The molecular weight excluding hydrogens is 213 g/mol. The van der Waals surface area contributed by atoms with Gasteiger partial charge in [-0.05, 0) is 0 Å². The summed E-state index contributed by atoms with van der Waals surface area (Å²) in [6.45, 7) is 0.681. The first-order chi connectivity index (χ1) is 6.98. The number of halogens is 3. The minimum atomic E-state index is -4.76. The van der Waals surface area contributed by atoms with Crippen molar-refractivity contribution in [2.75, 3.05) is 19.7 Å². The minimum Gasteiger partial charge on any atom is -0.395 e. The van der Waals surface area contributed by atoms with Crippen molar-refractivity contribution in [2.24, 2.45) is 11.1 Å². The third-order valence-electron chi connectivity index (χ3n) is 2.51. The summed E-state index contributed by atoms with van der Waals surface area (Å²) in [5.41, 5.74) is 0.765. The van der Waals surface area contributed by atoms with Gasteiger partial charge in [-0.25, -0.2) is 0 Å². The van der Waals surface area contributed by atoms with Crippen LogP contribution in [0.3, 0.4) is 0 Å². The lowest BCUT2D eigenvalue weighted by Gasteiger charge is -2.38. The number of likely N-dealkylation sites (tertiary alicyclic amines) is 1. The van der Waals surface area contributed by atoms with Crippen molar-refractivity contribution in [2.45, 2.75) is 12.6 Å². The zero-order valence-corrected chi connectivity index (χ0v) is 7.75. The van der Waals surface area contributed by atoms with E-state index in [4.69, 9.17) is 4.84 Å². The topological polar surface area (TPSA) is 41.9 Å². The molecule has 2 aliphatic rings. The highest BCUT2D eigenvalue weighted by Gasteiger charge is 2.47. The molecule has 2 heterocycles. The van der Waals surface area contributed by atoms with Gasteiger partial charge in [0.25, 0.3) is 0 Å². The molecule has 84 valence electrons. The Balaban J connectivity index is 1.85. The van der Waals surface area contributed by atoms with Gasteiger partial charge in [-0.2, -0.15) is 13.2 Å². The van der Waals surface area contributed by atoms with Crippen LogP contribution in [0.25, 0.3) is 0 Å². The highest BCUT2D eigenvalue weighted by molar-refractivity contribution is 5.91. The monoisotopic (exact) mass is 222 g/mol. The number of hydrogen-bond donors (Lipinski definition) is 0. The normalized spacial score (nSPS) is 22.1. The van der Waals surface area contributed by atoms with Gasteiger partial charge in [-0.1, -0.05) is 5.16 Å². The molecule has 1 amide bonds. The van der Waals surface area contributed by atoms with Gasteiger partial charge in [0, 0.05) is 25.4 Å². The van der Waals surface area contributed by atoms with Crippen LogP contribution in [0.2, 0.25) is 0 Å². The Labute approximate surface area is 83.7 Å². The number of alkyl halides is 3. The lowest BCUT2D eigenvalue weighted by molar-refractivity contribution is -0.190. The average Bonchev–Trinajstić information content (AvgIpc) is 2.52. The summed E-state index contributed by atoms with van der Waals surface area (Å²) in [5.74, 6) is -1.82. The van der Waals surface area contributed by atoms with Crippen molar-refractivity contribution in [3.05, 3.63) is 0 Å². The summed E-state index contributed by atoms with van der Waals surface area (Å²) >= 11 is 0. The lowest BCUT2D eigenvalue weighted by Crippen LogP contribution is -2.56. The molecule has 0 aromatic rings. The summed E-state index contributed by atoms with van der Waals surface area (Å²) in [5, 5.41) is 3.71. The van der Waals surface area contributed by atoms with E-state index in [1.54, 1.807) is 0 Å². The molecule has 15 heavy (non-hydrogen) atoms. The van der Waals surface area contributed by atoms with Crippen molar-refractivity contribution in [3.63, 3.8) is 0 Å². The van der Waals surface area contributed by atoms with Crippen LogP contribution in [0.15, 0.2) is 5.16 Å². The van der Waals surface area contributed by atoms with Gasteiger partial charge in [-0.15, -0.1) is 0 Å². The molecule has 1 fully saturated rings. The van der Waals surface area contributed by atoms with Crippen LogP contribution in [0.1, 0.15) is 6.42 Å². The number of hydrogen-bond acceptors (Lipinski definition) is 3. The average molecular weight is 222 g/mol. The fourth-order valence-corrected chi connectivity index (χ4v) is 1.64. The van der Waals surface area contributed by atoms with Gasteiger partial charge in [0.05, 0.1) is 5.71 Å². The van der Waals surface area contributed by atoms with Gasteiger partial charge < -0.3 is 9.74 Å². The van der Waals surface area contributed by atoms with E-state index in [0.717, 1.165) is 10.6 Å². The lowest BCUT2D eigenvalue weighted by atomic mass is 9.93. The molecule has 0 atom stereocenters. The van der Waals surface area contributed by atoms with E-state index in [1.807, 2.05) is 0 Å². The molecule has 0 saturated carbocycles. The van der Waals surface area contributed by atoms with Gasteiger partial charge >= 0.3 is 12.1 Å². The Kier molecular flexibility index (Phi) is 2.32. The molecule has 0 radical (unpaired) electrons. The molecule has 1 saturated heterocycles. The van der Waals surface area contributed by atoms with E-state index in [1.165, 1.54) is 0 Å². The quantitative estimate of drug-likeness (QED) is 0.658. The number of amides is 1. The summed E-state index contributed by atoms with van der Waals surface area (Å²) in [6, 6.07) is 0. The molecule has 4 nitrogen and oxygen atoms in total. The first-order valence-electron chi connectivity index (χ1n) is 4.53. The SMILES string of the molecule is O=C(N1CC(C2=NOCC2)C1)C(F)(F)F. The Morgan fingerprint density at radius 3 is 2.60 bits per heavy atom. The fraction of sp³-hybridized carbons (Fsp3) is 0.750. The maximum atomic E-state index is 12.0. The van der Waals surface area contributed by atoms with Crippen molar-refractivity contribution < 1.29 is 22.8 Å².